The molecule has 3 nitrogen and oxygen atoms in total. The summed E-state index contributed by atoms with van der Waals surface area (Å²) in [6.45, 7) is 4.67. The molecule has 1 aromatic rings. The minimum Gasteiger partial charge on any atom is -0.480 e. The molecule has 1 aromatic carbocycles. The normalized spacial score (nSPS) is 14.1. The summed E-state index contributed by atoms with van der Waals surface area (Å²) in [7, 11) is 0. The number of carboxylic acid groups (broad SMARTS) is 1. The highest BCUT2D eigenvalue weighted by Gasteiger charge is 2.39. The van der Waals surface area contributed by atoms with Crippen LogP contribution in [0, 0.1) is 0 Å². The Bertz CT molecular complexity index is 369. The van der Waals surface area contributed by atoms with Crippen molar-refractivity contribution in [1.29, 1.82) is 0 Å². The Balaban J connectivity index is 3.01. The molecule has 1 atom stereocenters. The fraction of sp³-hybridized carbons (Fsp3) is 0.500. The third kappa shape index (κ3) is 3.50. The lowest BCUT2D eigenvalue weighted by molar-refractivity contribution is -0.144. The van der Waals surface area contributed by atoms with Crippen LogP contribution in [0.4, 0.5) is 0 Å². The zero-order chi connectivity index (χ0) is 13.4. The predicted molar refractivity (Wildman–Crippen MR) is 77.0 cm³/mol. The van der Waals surface area contributed by atoms with Crippen molar-refractivity contribution in [3.8, 4) is 0 Å². The summed E-state index contributed by atoms with van der Waals surface area (Å²) < 4.78 is 0. The first-order valence-corrected chi connectivity index (χ1v) is 7.44. The number of carboxylic acids is 1. The van der Waals surface area contributed by atoms with E-state index >= 15 is 0 Å². The molecule has 0 heterocycles. The molecule has 0 radical (unpaired) electrons. The van der Waals surface area contributed by atoms with Gasteiger partial charge in [0.25, 0.3) is 0 Å². The third-order valence-electron chi connectivity index (χ3n) is 2.78. The monoisotopic (exact) mass is 267 g/mol. The molecular formula is C14H21NO2S. The minimum absolute atomic E-state index is 0.550. The molecular weight excluding hydrogens is 246 g/mol. The molecule has 4 heteroatoms. The van der Waals surface area contributed by atoms with E-state index < -0.39 is 11.5 Å². The van der Waals surface area contributed by atoms with Crippen molar-refractivity contribution < 1.29 is 9.90 Å². The Morgan fingerprint density at radius 3 is 2.50 bits per heavy atom. The lowest BCUT2D eigenvalue weighted by Gasteiger charge is -2.30. The molecule has 1 rings (SSSR count). The summed E-state index contributed by atoms with van der Waals surface area (Å²) in [6.07, 6.45) is 1.06. The van der Waals surface area contributed by atoms with E-state index in [0.717, 1.165) is 17.7 Å². The summed E-state index contributed by atoms with van der Waals surface area (Å²) in [5.41, 5.74) is -0.154. The first kappa shape index (κ1) is 15.1. The van der Waals surface area contributed by atoms with Crippen LogP contribution in [0.15, 0.2) is 30.3 Å². The SMILES string of the molecule is CCCSCC(NCC)(C(=O)O)c1ccccc1. The van der Waals surface area contributed by atoms with Crippen LogP contribution < -0.4 is 5.32 Å². The van der Waals surface area contributed by atoms with Gasteiger partial charge in [-0.2, -0.15) is 11.8 Å². The van der Waals surface area contributed by atoms with Crippen LogP contribution in [-0.2, 0) is 10.3 Å². The van der Waals surface area contributed by atoms with Gasteiger partial charge >= 0.3 is 5.97 Å². The van der Waals surface area contributed by atoms with Gasteiger partial charge in [0.1, 0.15) is 0 Å². The Hall–Kier alpha value is -1.00. The van der Waals surface area contributed by atoms with E-state index in [1.165, 1.54) is 0 Å². The largest absolute Gasteiger partial charge is 0.480 e. The summed E-state index contributed by atoms with van der Waals surface area (Å²) >= 11 is 1.68. The molecule has 0 aromatic heterocycles. The van der Waals surface area contributed by atoms with Crippen molar-refractivity contribution in [3.05, 3.63) is 35.9 Å². The van der Waals surface area contributed by atoms with Crippen molar-refractivity contribution in [1.82, 2.24) is 5.32 Å². The van der Waals surface area contributed by atoms with Crippen LogP contribution in [0.25, 0.3) is 0 Å². The topological polar surface area (TPSA) is 49.3 Å². The van der Waals surface area contributed by atoms with Gasteiger partial charge < -0.3 is 5.11 Å². The number of rotatable bonds is 8. The zero-order valence-corrected chi connectivity index (χ0v) is 11.8. The van der Waals surface area contributed by atoms with Crippen LogP contribution in [0.2, 0.25) is 0 Å². The number of thioether (sulfide) groups is 1. The first-order chi connectivity index (χ1) is 8.67. The van der Waals surface area contributed by atoms with Crippen molar-refractivity contribution in [2.75, 3.05) is 18.1 Å². The lowest BCUT2D eigenvalue weighted by Crippen LogP contribution is -2.51. The van der Waals surface area contributed by atoms with Gasteiger partial charge in [-0.1, -0.05) is 44.2 Å². The quantitative estimate of drug-likeness (QED) is 0.711. The van der Waals surface area contributed by atoms with E-state index in [1.54, 1.807) is 11.8 Å². The Morgan fingerprint density at radius 2 is 2.00 bits per heavy atom. The molecule has 0 aliphatic carbocycles. The average molecular weight is 267 g/mol. The van der Waals surface area contributed by atoms with Crippen LogP contribution in [0.5, 0.6) is 0 Å². The molecule has 0 aliphatic rings. The Labute approximate surface area is 113 Å². The van der Waals surface area contributed by atoms with Crippen molar-refractivity contribution in [2.45, 2.75) is 25.8 Å². The first-order valence-electron chi connectivity index (χ1n) is 6.29. The van der Waals surface area contributed by atoms with E-state index in [1.807, 2.05) is 37.3 Å². The van der Waals surface area contributed by atoms with Crippen LogP contribution in [-0.4, -0.2) is 29.1 Å². The molecule has 0 spiro atoms. The van der Waals surface area contributed by atoms with Crippen LogP contribution >= 0.6 is 11.8 Å². The van der Waals surface area contributed by atoms with E-state index in [9.17, 15) is 9.90 Å². The summed E-state index contributed by atoms with van der Waals surface area (Å²) in [5, 5.41) is 12.8. The second-order valence-electron chi connectivity index (χ2n) is 4.16. The van der Waals surface area contributed by atoms with Crippen molar-refractivity contribution in [3.63, 3.8) is 0 Å². The van der Waals surface area contributed by atoms with Crippen molar-refractivity contribution in [2.24, 2.45) is 0 Å². The molecule has 0 bridgehead atoms. The third-order valence-corrected chi connectivity index (χ3v) is 4.11. The van der Waals surface area contributed by atoms with E-state index in [4.69, 9.17) is 0 Å². The average Bonchev–Trinajstić information content (AvgIpc) is 2.38. The molecule has 0 saturated heterocycles. The van der Waals surface area contributed by atoms with Crippen LogP contribution in [0.1, 0.15) is 25.8 Å². The number of benzene rings is 1. The maximum absolute atomic E-state index is 11.7. The van der Waals surface area contributed by atoms with Gasteiger partial charge in [0.2, 0.25) is 0 Å². The van der Waals surface area contributed by atoms with E-state index in [0.29, 0.717) is 12.3 Å². The Morgan fingerprint density at radius 1 is 1.33 bits per heavy atom. The van der Waals surface area contributed by atoms with Crippen LogP contribution in [0.3, 0.4) is 0 Å². The summed E-state index contributed by atoms with van der Waals surface area (Å²) in [6, 6.07) is 9.43. The Kier molecular flexibility index (Phi) is 6.22. The number of carbonyl (C=O) groups is 1. The van der Waals surface area contributed by atoms with E-state index in [-0.39, 0.29) is 0 Å². The van der Waals surface area contributed by atoms with Gasteiger partial charge in [-0.05, 0) is 24.3 Å². The number of aliphatic carboxylic acids is 1. The molecule has 0 saturated carbocycles. The van der Waals surface area contributed by atoms with Gasteiger partial charge in [-0.25, -0.2) is 4.79 Å². The molecule has 18 heavy (non-hydrogen) atoms. The highest BCUT2D eigenvalue weighted by atomic mass is 32.2. The molecule has 100 valence electrons. The maximum Gasteiger partial charge on any atom is 0.329 e. The van der Waals surface area contributed by atoms with Crippen molar-refractivity contribution >= 4 is 17.7 Å². The predicted octanol–water partition coefficient (Wildman–Crippen LogP) is 2.72. The second kappa shape index (κ2) is 7.44. The zero-order valence-electron chi connectivity index (χ0n) is 11.0. The molecule has 2 N–H and O–H groups in total. The van der Waals surface area contributed by atoms with Gasteiger partial charge in [0.05, 0.1) is 0 Å². The molecule has 0 amide bonds. The number of nitrogens with one attached hydrogen (secondary N) is 1. The number of hydrogen-bond acceptors (Lipinski definition) is 3. The fourth-order valence-electron chi connectivity index (χ4n) is 1.89. The minimum atomic E-state index is -0.976. The smallest absolute Gasteiger partial charge is 0.329 e. The highest BCUT2D eigenvalue weighted by Crippen LogP contribution is 2.26. The maximum atomic E-state index is 11.7. The van der Waals surface area contributed by atoms with E-state index in [2.05, 4.69) is 12.2 Å². The standard InChI is InChI=1S/C14H21NO2S/c1-3-10-18-11-14(13(16)17,15-4-2)12-8-6-5-7-9-12/h5-9,15H,3-4,10-11H2,1-2H3,(H,16,17). The highest BCUT2D eigenvalue weighted by molar-refractivity contribution is 7.99. The molecule has 1 unspecified atom stereocenters. The molecule has 0 aliphatic heterocycles. The van der Waals surface area contributed by atoms with Gasteiger partial charge in [0, 0.05) is 5.75 Å². The lowest BCUT2D eigenvalue weighted by atomic mass is 9.92. The van der Waals surface area contributed by atoms with Gasteiger partial charge in [-0.3, -0.25) is 5.32 Å². The van der Waals surface area contributed by atoms with Gasteiger partial charge in [0.15, 0.2) is 5.54 Å². The van der Waals surface area contributed by atoms with Gasteiger partial charge in [-0.15, -0.1) is 0 Å². The fourth-order valence-corrected chi connectivity index (χ4v) is 3.02. The number of hydrogen-bond donors (Lipinski definition) is 2. The second-order valence-corrected chi connectivity index (χ2v) is 5.26. The number of likely N-dealkylation sites (N-methyl/N-ethyl adjacent to an activating group) is 1. The summed E-state index contributed by atoms with van der Waals surface area (Å²) in [5.74, 6) is 0.723. The summed E-state index contributed by atoms with van der Waals surface area (Å²) in [4.78, 5) is 11.7. The molecule has 0 fully saturated rings.